The van der Waals surface area contributed by atoms with Crippen molar-refractivity contribution in [3.8, 4) is 50.2 Å². The summed E-state index contributed by atoms with van der Waals surface area (Å²) in [5.41, 5.74) is 13.7. The topological polar surface area (TPSA) is 4.93 Å². The average molecular weight is 628 g/mol. The van der Waals surface area contributed by atoms with Gasteiger partial charge in [-0.25, -0.2) is 0 Å². The van der Waals surface area contributed by atoms with Gasteiger partial charge in [-0.05, 0) is 86.8 Å². The Kier molecular flexibility index (Phi) is 6.18. The zero-order valence-corrected chi connectivity index (χ0v) is 26.9. The van der Waals surface area contributed by atoms with Gasteiger partial charge < -0.3 is 4.57 Å². The molecular weight excluding hydrogens is 599 g/mol. The van der Waals surface area contributed by atoms with E-state index in [4.69, 9.17) is 0 Å². The van der Waals surface area contributed by atoms with E-state index in [1.54, 1.807) is 0 Å². The number of rotatable bonds is 4. The van der Waals surface area contributed by atoms with Gasteiger partial charge in [-0.3, -0.25) is 0 Å². The first-order valence-electron chi connectivity index (χ1n) is 16.4. The number of nitrogens with zero attached hydrogens (tertiary/aromatic N) is 1. The highest BCUT2D eigenvalue weighted by Gasteiger charge is 2.22. The number of hydrogen-bond donors (Lipinski definition) is 0. The molecule has 8 aromatic carbocycles. The van der Waals surface area contributed by atoms with Crippen molar-refractivity contribution in [2.75, 3.05) is 0 Å². The Morgan fingerprint density at radius 2 is 1.00 bits per heavy atom. The molecule has 1 aromatic heterocycles. The van der Waals surface area contributed by atoms with Gasteiger partial charge in [-0.15, -0.1) is 0 Å². The third-order valence-electron chi connectivity index (χ3n) is 9.79. The van der Waals surface area contributed by atoms with Crippen molar-refractivity contribution >= 4 is 44.3 Å². The van der Waals surface area contributed by atoms with Crippen molar-refractivity contribution in [1.29, 1.82) is 0 Å². The zero-order chi connectivity index (χ0) is 31.6. The maximum Gasteiger partial charge on any atom is 0.0619 e. The van der Waals surface area contributed by atoms with Crippen LogP contribution in [-0.2, 0) is 0 Å². The van der Waals surface area contributed by atoms with E-state index in [9.17, 15) is 0 Å². The quantitative estimate of drug-likeness (QED) is 0.188. The lowest BCUT2D eigenvalue weighted by Crippen LogP contribution is -1.96. The van der Waals surface area contributed by atoms with Crippen molar-refractivity contribution in [3.05, 3.63) is 176 Å². The van der Waals surface area contributed by atoms with Crippen LogP contribution < -0.4 is 0 Å². The van der Waals surface area contributed by atoms with Crippen molar-refractivity contribution in [3.63, 3.8) is 0 Å². The lowest BCUT2D eigenvalue weighted by molar-refractivity contribution is 1.18. The predicted octanol–water partition coefficient (Wildman–Crippen LogP) is 13.1. The Balaban J connectivity index is 1.15. The van der Waals surface area contributed by atoms with Crippen LogP contribution in [-0.4, -0.2) is 4.57 Å². The molecule has 0 fully saturated rings. The van der Waals surface area contributed by atoms with Crippen molar-refractivity contribution in [2.24, 2.45) is 0 Å². The maximum atomic E-state index is 2.42. The highest BCUT2D eigenvalue weighted by molar-refractivity contribution is 7.99. The van der Waals surface area contributed by atoms with Crippen LogP contribution in [0.2, 0.25) is 0 Å². The highest BCUT2D eigenvalue weighted by Crippen LogP contribution is 2.51. The minimum atomic E-state index is 1.17. The Hall–Kier alpha value is -5.83. The van der Waals surface area contributed by atoms with Crippen molar-refractivity contribution in [1.82, 2.24) is 4.57 Å². The Morgan fingerprint density at radius 1 is 0.354 bits per heavy atom. The Labute approximate surface area is 283 Å². The molecular formula is C46H29NS. The van der Waals surface area contributed by atoms with Gasteiger partial charge in [0.05, 0.1) is 11.0 Å². The molecule has 0 spiro atoms. The summed E-state index contributed by atoms with van der Waals surface area (Å²) in [5.74, 6) is 0. The maximum absolute atomic E-state index is 2.42. The summed E-state index contributed by atoms with van der Waals surface area (Å²) in [4.78, 5) is 2.63. The van der Waals surface area contributed by atoms with Gasteiger partial charge in [0, 0.05) is 37.2 Å². The largest absolute Gasteiger partial charge is 0.309 e. The van der Waals surface area contributed by atoms with E-state index in [1.807, 2.05) is 11.8 Å². The second-order valence-electron chi connectivity index (χ2n) is 12.5. The molecule has 0 saturated heterocycles. The number of para-hydroxylation sites is 3. The van der Waals surface area contributed by atoms with Gasteiger partial charge in [-0.2, -0.15) is 0 Å². The average Bonchev–Trinajstić information content (AvgIpc) is 3.50. The molecule has 0 N–H and O–H groups in total. The highest BCUT2D eigenvalue weighted by atomic mass is 32.2. The molecule has 0 saturated carbocycles. The molecule has 9 aromatic rings. The molecule has 1 aliphatic rings. The minimum absolute atomic E-state index is 1.17. The third kappa shape index (κ3) is 4.20. The van der Waals surface area contributed by atoms with E-state index in [0.717, 1.165) is 0 Å². The molecule has 0 bridgehead atoms. The Morgan fingerprint density at radius 3 is 1.85 bits per heavy atom. The standard InChI is InChI=1S/C46H29NS/c1-3-12-30(13-4-1)31-24-26-43-41(29-31)39-21-11-20-38-35(25-27-44(48-43)45(38)39)32-14-9-15-33(28-32)36-19-10-22-40-37-18-7-8-23-42(37)47(46(36)40)34-16-5-2-6-17-34/h1-29H. The minimum Gasteiger partial charge on any atom is -0.309 e. The lowest BCUT2D eigenvalue weighted by Gasteiger charge is -2.22. The number of aromatic nitrogens is 1. The van der Waals surface area contributed by atoms with Gasteiger partial charge >= 0.3 is 0 Å². The summed E-state index contributed by atoms with van der Waals surface area (Å²) in [6, 6.07) is 64.4. The summed E-state index contributed by atoms with van der Waals surface area (Å²) < 4.78 is 2.42. The molecule has 0 atom stereocenters. The van der Waals surface area contributed by atoms with Crippen LogP contribution in [0.4, 0.5) is 0 Å². The second kappa shape index (κ2) is 10.9. The first-order chi connectivity index (χ1) is 23.8. The molecule has 1 nitrogen and oxygen atoms in total. The molecule has 10 rings (SSSR count). The molecule has 1 aliphatic heterocycles. The zero-order valence-electron chi connectivity index (χ0n) is 26.1. The van der Waals surface area contributed by atoms with E-state index in [0.29, 0.717) is 0 Å². The molecule has 2 heteroatoms. The molecule has 48 heavy (non-hydrogen) atoms. The second-order valence-corrected chi connectivity index (χ2v) is 13.6. The van der Waals surface area contributed by atoms with Gasteiger partial charge in [0.15, 0.2) is 0 Å². The smallest absolute Gasteiger partial charge is 0.0619 e. The van der Waals surface area contributed by atoms with Gasteiger partial charge in [-0.1, -0.05) is 145 Å². The molecule has 0 radical (unpaired) electrons. The van der Waals surface area contributed by atoms with E-state index in [-0.39, 0.29) is 0 Å². The summed E-state index contributed by atoms with van der Waals surface area (Å²) >= 11 is 1.88. The van der Waals surface area contributed by atoms with E-state index >= 15 is 0 Å². The summed E-state index contributed by atoms with van der Waals surface area (Å²) in [5, 5.41) is 5.17. The fourth-order valence-corrected chi connectivity index (χ4v) is 8.75. The molecule has 224 valence electrons. The van der Waals surface area contributed by atoms with Crippen LogP contribution in [0, 0.1) is 0 Å². The van der Waals surface area contributed by atoms with E-state index in [2.05, 4.69) is 180 Å². The van der Waals surface area contributed by atoms with Crippen molar-refractivity contribution < 1.29 is 0 Å². The van der Waals surface area contributed by atoms with Crippen LogP contribution >= 0.6 is 11.8 Å². The molecule has 2 heterocycles. The summed E-state index contributed by atoms with van der Waals surface area (Å²) in [7, 11) is 0. The van der Waals surface area contributed by atoms with Crippen LogP contribution in [0.1, 0.15) is 0 Å². The molecule has 0 aliphatic carbocycles. The number of fused-ring (bicyclic) bond motifs is 5. The molecule has 0 amide bonds. The van der Waals surface area contributed by atoms with E-state index in [1.165, 1.54) is 92.6 Å². The third-order valence-corrected chi connectivity index (χ3v) is 10.9. The first-order valence-corrected chi connectivity index (χ1v) is 17.3. The van der Waals surface area contributed by atoms with Crippen molar-refractivity contribution in [2.45, 2.75) is 9.79 Å². The molecule has 0 unspecified atom stereocenters. The number of hydrogen-bond acceptors (Lipinski definition) is 1. The fraction of sp³-hybridized carbons (Fsp3) is 0. The number of benzene rings is 8. The summed E-state index contributed by atoms with van der Waals surface area (Å²) in [6.45, 7) is 0. The van der Waals surface area contributed by atoms with Crippen LogP contribution in [0.25, 0.3) is 82.8 Å². The van der Waals surface area contributed by atoms with Crippen LogP contribution in [0.15, 0.2) is 186 Å². The normalized spacial score (nSPS) is 12.1. The first kappa shape index (κ1) is 27.3. The van der Waals surface area contributed by atoms with Gasteiger partial charge in [0.1, 0.15) is 0 Å². The monoisotopic (exact) mass is 627 g/mol. The van der Waals surface area contributed by atoms with Crippen LogP contribution in [0.5, 0.6) is 0 Å². The Bertz CT molecular complexity index is 2690. The lowest BCUT2D eigenvalue weighted by atomic mass is 9.90. The fourth-order valence-electron chi connectivity index (χ4n) is 7.64. The predicted molar refractivity (Wildman–Crippen MR) is 204 cm³/mol. The van der Waals surface area contributed by atoms with Gasteiger partial charge in [0.25, 0.3) is 0 Å². The van der Waals surface area contributed by atoms with E-state index < -0.39 is 0 Å². The van der Waals surface area contributed by atoms with Gasteiger partial charge in [0.2, 0.25) is 0 Å². The SMILES string of the molecule is c1ccc(-c2ccc3c(c2)-c2cccc4c(-c5cccc(-c6cccc7c8ccccc8n(-c8ccccc8)c67)c5)ccc(c24)S3)cc1. The summed E-state index contributed by atoms with van der Waals surface area (Å²) in [6.07, 6.45) is 0. The van der Waals surface area contributed by atoms with Crippen LogP contribution in [0.3, 0.4) is 0 Å².